The minimum absolute atomic E-state index is 0.171. The summed E-state index contributed by atoms with van der Waals surface area (Å²) >= 11 is 1.60. The van der Waals surface area contributed by atoms with Crippen molar-refractivity contribution in [2.45, 2.75) is 45.2 Å². The lowest BCUT2D eigenvalue weighted by Crippen LogP contribution is -2.45. The molecule has 1 fully saturated rings. The number of amides is 1. The molecule has 1 saturated carbocycles. The van der Waals surface area contributed by atoms with Crippen LogP contribution in [0.2, 0.25) is 0 Å². The molecular weight excluding hydrogens is 555 g/mol. The Bertz CT molecular complexity index is 1810. The van der Waals surface area contributed by atoms with Gasteiger partial charge in [-0.3, -0.25) is 4.79 Å². The van der Waals surface area contributed by atoms with E-state index in [1.165, 1.54) is 12.8 Å². The highest BCUT2D eigenvalue weighted by Gasteiger charge is 2.30. The van der Waals surface area contributed by atoms with Crippen molar-refractivity contribution in [3.8, 4) is 17.3 Å². The number of hydrogen-bond acceptors (Lipinski definition) is 8. The normalized spacial score (nSPS) is 16.0. The van der Waals surface area contributed by atoms with Crippen LogP contribution in [0.1, 0.15) is 38.9 Å². The molecule has 218 valence electrons. The van der Waals surface area contributed by atoms with Crippen molar-refractivity contribution in [3.63, 3.8) is 0 Å². The second kappa shape index (κ2) is 10.7. The molecule has 1 amide bonds. The highest BCUT2D eigenvalue weighted by Crippen LogP contribution is 2.39. The van der Waals surface area contributed by atoms with Gasteiger partial charge in [-0.2, -0.15) is 0 Å². The molecule has 7 rings (SSSR count). The van der Waals surface area contributed by atoms with Gasteiger partial charge < -0.3 is 24.5 Å². The molecule has 5 aromatic rings. The van der Waals surface area contributed by atoms with Crippen LogP contribution in [0.4, 0.5) is 4.39 Å². The number of nitrogens with two attached hydrogens (primary N) is 1. The summed E-state index contributed by atoms with van der Waals surface area (Å²) in [5, 5.41) is 11.3. The van der Waals surface area contributed by atoms with Crippen molar-refractivity contribution in [3.05, 3.63) is 51.6 Å². The van der Waals surface area contributed by atoms with Crippen molar-refractivity contribution in [1.29, 1.82) is 0 Å². The molecule has 4 aromatic heterocycles. The third-order valence-electron chi connectivity index (χ3n) is 8.10. The van der Waals surface area contributed by atoms with Gasteiger partial charge in [0.2, 0.25) is 0 Å². The fourth-order valence-electron chi connectivity index (χ4n) is 5.80. The van der Waals surface area contributed by atoms with Crippen LogP contribution in [0.3, 0.4) is 0 Å². The topological polar surface area (TPSA) is 117 Å². The Kier molecular flexibility index (Phi) is 6.89. The summed E-state index contributed by atoms with van der Waals surface area (Å²) in [6.07, 6.45) is 3.71. The largest absolute Gasteiger partial charge is 0.491 e. The molecule has 0 radical (unpaired) electrons. The number of rotatable bonds is 10. The van der Waals surface area contributed by atoms with Gasteiger partial charge in [0, 0.05) is 44.9 Å². The highest BCUT2D eigenvalue weighted by molar-refractivity contribution is 7.11. The summed E-state index contributed by atoms with van der Waals surface area (Å²) in [5.41, 5.74) is 10.5. The van der Waals surface area contributed by atoms with Crippen LogP contribution in [-0.2, 0) is 26.4 Å². The highest BCUT2D eigenvalue weighted by atomic mass is 32.1. The molecule has 1 aliphatic carbocycles. The molecule has 0 bridgehead atoms. The van der Waals surface area contributed by atoms with E-state index in [-0.39, 0.29) is 12.5 Å². The average Bonchev–Trinajstić information content (AvgIpc) is 3.47. The molecular formula is C30H33FN8O2S. The molecule has 42 heavy (non-hydrogen) atoms. The lowest BCUT2D eigenvalue weighted by Gasteiger charge is -2.29. The summed E-state index contributed by atoms with van der Waals surface area (Å²) in [6, 6.07) is 9.47. The van der Waals surface area contributed by atoms with E-state index in [1.807, 2.05) is 36.7 Å². The predicted molar refractivity (Wildman–Crippen MR) is 160 cm³/mol. The minimum atomic E-state index is -0.690. The number of aromatic nitrogens is 6. The van der Waals surface area contributed by atoms with Gasteiger partial charge in [-0.25, -0.2) is 14.4 Å². The Morgan fingerprint density at radius 2 is 2.07 bits per heavy atom. The standard InChI is InChI=1S/C30H33FN8O2S/c1-17-35-36-26(42-17)9-11-41-25-5-3-4-19-12-24(39(27(19)25)15-18-6-7-18)29-34-23-13-21-22(33-28(23)37(29)2)8-10-38(30(21)40)16-20(32)14-31/h3-5,12-13,18,20H,6-11,14-16,32H2,1-2H3/t20-/m1/s1. The number of pyridine rings is 1. The summed E-state index contributed by atoms with van der Waals surface area (Å²) in [4.78, 5) is 24.8. The van der Waals surface area contributed by atoms with E-state index >= 15 is 0 Å². The van der Waals surface area contributed by atoms with Crippen LogP contribution in [0, 0.1) is 12.8 Å². The van der Waals surface area contributed by atoms with Crippen LogP contribution in [0.15, 0.2) is 30.3 Å². The van der Waals surface area contributed by atoms with E-state index < -0.39 is 12.7 Å². The molecule has 1 aromatic carbocycles. The molecule has 1 atom stereocenters. The molecule has 0 saturated heterocycles. The number of benzene rings is 1. The fraction of sp³-hybridized carbons (Fsp3) is 0.433. The number of para-hydroxylation sites is 1. The molecule has 2 aliphatic rings. The van der Waals surface area contributed by atoms with Gasteiger partial charge in [0.1, 0.15) is 28.0 Å². The lowest BCUT2D eigenvalue weighted by molar-refractivity contribution is 0.0723. The first kappa shape index (κ1) is 27.0. The summed E-state index contributed by atoms with van der Waals surface area (Å²) < 4.78 is 23.7. The quantitative estimate of drug-likeness (QED) is 0.261. The van der Waals surface area contributed by atoms with Gasteiger partial charge in [0.25, 0.3) is 5.91 Å². The van der Waals surface area contributed by atoms with Crippen LogP contribution in [-0.4, -0.2) is 72.5 Å². The zero-order valence-corrected chi connectivity index (χ0v) is 24.5. The maximum absolute atomic E-state index is 13.2. The number of ether oxygens (including phenoxy) is 1. The maximum Gasteiger partial charge on any atom is 0.255 e. The van der Waals surface area contributed by atoms with E-state index in [0.29, 0.717) is 43.0 Å². The third kappa shape index (κ3) is 4.92. The monoisotopic (exact) mass is 588 g/mol. The molecule has 1 aliphatic heterocycles. The maximum atomic E-state index is 13.2. The predicted octanol–water partition coefficient (Wildman–Crippen LogP) is 4.08. The Labute approximate surface area is 246 Å². The first-order chi connectivity index (χ1) is 20.4. The fourth-order valence-corrected chi connectivity index (χ4v) is 6.49. The molecule has 12 heteroatoms. The number of aryl methyl sites for hydroxylation is 2. The molecule has 0 spiro atoms. The van der Waals surface area contributed by atoms with Crippen LogP contribution >= 0.6 is 11.3 Å². The average molecular weight is 589 g/mol. The van der Waals surface area contributed by atoms with Crippen molar-refractivity contribution < 1.29 is 13.9 Å². The number of carbonyl (C=O) groups excluding carboxylic acids is 1. The van der Waals surface area contributed by atoms with Gasteiger partial charge in [0.15, 0.2) is 11.5 Å². The number of carbonyl (C=O) groups is 1. The van der Waals surface area contributed by atoms with Gasteiger partial charge in [-0.1, -0.05) is 12.1 Å². The van der Waals surface area contributed by atoms with E-state index in [2.05, 4.69) is 26.9 Å². The van der Waals surface area contributed by atoms with Crippen molar-refractivity contribution in [1.82, 2.24) is 34.2 Å². The van der Waals surface area contributed by atoms with E-state index in [4.69, 9.17) is 20.4 Å². The van der Waals surface area contributed by atoms with Crippen molar-refractivity contribution in [2.75, 3.05) is 26.4 Å². The van der Waals surface area contributed by atoms with Gasteiger partial charge in [-0.15, -0.1) is 21.5 Å². The molecule has 2 N–H and O–H groups in total. The number of fused-ring (bicyclic) bond motifs is 3. The van der Waals surface area contributed by atoms with E-state index in [1.54, 1.807) is 16.2 Å². The smallest absolute Gasteiger partial charge is 0.255 e. The Balaban J connectivity index is 1.26. The minimum Gasteiger partial charge on any atom is -0.491 e. The molecule has 10 nitrogen and oxygen atoms in total. The Hall–Kier alpha value is -3.90. The van der Waals surface area contributed by atoms with Crippen LogP contribution in [0.5, 0.6) is 5.75 Å². The molecule has 0 unspecified atom stereocenters. The number of nitrogens with zero attached hydrogens (tertiary/aromatic N) is 7. The van der Waals surface area contributed by atoms with E-state index in [9.17, 15) is 9.18 Å². The summed E-state index contributed by atoms with van der Waals surface area (Å²) in [6.45, 7) is 3.34. The Morgan fingerprint density at radius 1 is 1.21 bits per heavy atom. The van der Waals surface area contributed by atoms with Crippen LogP contribution < -0.4 is 10.5 Å². The zero-order chi connectivity index (χ0) is 29.0. The van der Waals surface area contributed by atoms with Gasteiger partial charge >= 0.3 is 0 Å². The van der Waals surface area contributed by atoms with Gasteiger partial charge in [-0.05, 0) is 43.9 Å². The second-order valence-electron chi connectivity index (χ2n) is 11.3. The second-order valence-corrected chi connectivity index (χ2v) is 12.6. The number of hydrogen-bond donors (Lipinski definition) is 1. The number of halogens is 1. The first-order valence-electron chi connectivity index (χ1n) is 14.4. The van der Waals surface area contributed by atoms with Crippen molar-refractivity contribution >= 4 is 39.3 Å². The number of alkyl halides is 1. The zero-order valence-electron chi connectivity index (χ0n) is 23.7. The van der Waals surface area contributed by atoms with Gasteiger partial charge in [0.05, 0.1) is 35.1 Å². The molecule has 5 heterocycles. The lowest BCUT2D eigenvalue weighted by atomic mass is 10.0. The summed E-state index contributed by atoms with van der Waals surface area (Å²) in [7, 11) is 1.97. The Morgan fingerprint density at radius 3 is 2.83 bits per heavy atom. The number of imidazole rings is 1. The first-order valence-corrected chi connectivity index (χ1v) is 15.2. The SMILES string of the molecule is Cc1nnc(CCOc2cccc3cc(-c4nc5cc6c(nc5n4C)CCN(C[C@H](N)CF)C6=O)n(CC4CC4)c23)s1. The third-order valence-corrected chi connectivity index (χ3v) is 9.00. The van der Waals surface area contributed by atoms with E-state index in [0.717, 1.165) is 56.1 Å². The van der Waals surface area contributed by atoms with Crippen molar-refractivity contribution in [2.24, 2.45) is 18.7 Å². The van der Waals surface area contributed by atoms with Crippen LogP contribution in [0.25, 0.3) is 33.6 Å². The summed E-state index contributed by atoms with van der Waals surface area (Å²) in [5.74, 6) is 2.08.